The molecule has 3 atom stereocenters. The second-order valence-electron chi connectivity index (χ2n) is 10.9. The van der Waals surface area contributed by atoms with Crippen LogP contribution in [0.5, 0.6) is 11.8 Å². The molecule has 1 saturated heterocycles. The highest BCUT2D eigenvalue weighted by atomic mass is 19.3. The summed E-state index contributed by atoms with van der Waals surface area (Å²) in [6, 6.07) is 3.59. The molecule has 0 aromatic carbocycles. The van der Waals surface area contributed by atoms with Crippen LogP contribution in [-0.2, 0) is 0 Å². The van der Waals surface area contributed by atoms with Crippen LogP contribution in [0.25, 0.3) is 0 Å². The van der Waals surface area contributed by atoms with E-state index in [2.05, 4.69) is 31.3 Å². The van der Waals surface area contributed by atoms with Crippen molar-refractivity contribution >= 4 is 17.5 Å². The third-order valence-electron chi connectivity index (χ3n) is 8.07. The van der Waals surface area contributed by atoms with Crippen molar-refractivity contribution in [2.45, 2.75) is 43.6 Å². The van der Waals surface area contributed by atoms with Crippen LogP contribution in [-0.4, -0.2) is 63.6 Å². The SMILES string of the molecule is N#C[C@@H]1C[C@@H]1COc1nc(C(=O)NC23CC(C2)C3)cc(N2CCC(COc3cncnc3N)C(F)(F)C2)n1. The summed E-state index contributed by atoms with van der Waals surface area (Å²) in [5.74, 6) is -3.38. The zero-order valence-corrected chi connectivity index (χ0v) is 20.6. The van der Waals surface area contributed by atoms with Crippen LogP contribution in [0, 0.1) is 35.0 Å². The number of nitrogens with zero attached hydrogens (tertiary/aromatic N) is 6. The molecule has 5 fully saturated rings. The molecule has 1 aliphatic heterocycles. The number of piperidine rings is 1. The van der Waals surface area contributed by atoms with Gasteiger partial charge in [-0.2, -0.15) is 15.2 Å². The number of halogens is 2. The molecule has 13 heteroatoms. The lowest BCUT2D eigenvalue weighted by Gasteiger charge is -2.61. The summed E-state index contributed by atoms with van der Waals surface area (Å²) in [5, 5.41) is 12.1. The lowest BCUT2D eigenvalue weighted by atomic mass is 9.50. The number of carbonyl (C=O) groups is 1. The molecular formula is C25H28F2N8O3. The number of nitriles is 1. The third kappa shape index (κ3) is 4.75. The minimum atomic E-state index is -3.10. The topological polar surface area (TPSA) is 152 Å². The van der Waals surface area contributed by atoms with E-state index in [1.54, 1.807) is 0 Å². The zero-order valence-electron chi connectivity index (χ0n) is 20.6. The highest BCUT2D eigenvalue weighted by molar-refractivity contribution is 5.94. The molecule has 2 aromatic heterocycles. The first-order chi connectivity index (χ1) is 18.2. The normalized spacial score (nSPS) is 30.3. The van der Waals surface area contributed by atoms with Gasteiger partial charge >= 0.3 is 6.01 Å². The Labute approximate surface area is 217 Å². The zero-order chi connectivity index (χ0) is 26.5. The minimum Gasteiger partial charge on any atom is -0.488 e. The summed E-state index contributed by atoms with van der Waals surface area (Å²) in [4.78, 5) is 30.7. The molecular weight excluding hydrogens is 498 g/mol. The standard InChI is InChI=1S/C25H28F2N8O3/c26-25(27)12-35(2-1-17(25)11-37-19-9-30-13-31-21(19)29)20-4-18(22(36)34-24-5-14(6-24)7-24)32-23(33-20)38-10-16-3-15(16)8-28/h4,9,13-17H,1-3,5-7,10-12H2,(H,34,36)(H2,29,30,31)/t14?,15-,16+,17?,24?/m0/s1. The summed E-state index contributed by atoms with van der Waals surface area (Å²) in [7, 11) is 0. The Hall–Kier alpha value is -3.82. The predicted molar refractivity (Wildman–Crippen MR) is 129 cm³/mol. The second kappa shape index (κ2) is 9.18. The predicted octanol–water partition coefficient (Wildman–Crippen LogP) is 2.21. The Bertz CT molecular complexity index is 1270. The van der Waals surface area contributed by atoms with Crippen molar-refractivity contribution in [3.8, 4) is 17.8 Å². The quantitative estimate of drug-likeness (QED) is 0.497. The number of nitrogens with one attached hydrogen (secondary N) is 1. The fraction of sp³-hybridized carbons (Fsp3) is 0.600. The second-order valence-corrected chi connectivity index (χ2v) is 10.9. The fourth-order valence-electron chi connectivity index (χ4n) is 5.48. The molecule has 0 spiro atoms. The van der Waals surface area contributed by atoms with Gasteiger partial charge in [0.05, 0.1) is 43.9 Å². The summed E-state index contributed by atoms with van der Waals surface area (Å²) >= 11 is 0. The first kappa shape index (κ1) is 24.5. The van der Waals surface area contributed by atoms with Gasteiger partial charge in [0.1, 0.15) is 17.8 Å². The molecule has 3 heterocycles. The van der Waals surface area contributed by atoms with Crippen LogP contribution in [0.2, 0.25) is 0 Å². The Morgan fingerprint density at radius 1 is 1.26 bits per heavy atom. The number of ether oxygens (including phenoxy) is 2. The first-order valence-corrected chi connectivity index (χ1v) is 12.8. The van der Waals surface area contributed by atoms with Crippen LogP contribution >= 0.6 is 0 Å². The Kier molecular flexibility index (Phi) is 5.92. The Morgan fingerprint density at radius 3 is 2.74 bits per heavy atom. The molecule has 4 aliphatic carbocycles. The number of aromatic nitrogens is 4. The molecule has 4 saturated carbocycles. The summed E-state index contributed by atoms with van der Waals surface area (Å²) < 4.78 is 41.7. The molecule has 5 aliphatic rings. The van der Waals surface area contributed by atoms with E-state index in [9.17, 15) is 4.79 Å². The maximum Gasteiger partial charge on any atom is 0.319 e. The molecule has 0 radical (unpaired) electrons. The number of amides is 1. The van der Waals surface area contributed by atoms with Gasteiger partial charge in [-0.3, -0.25) is 4.79 Å². The van der Waals surface area contributed by atoms with Crippen LogP contribution in [0.3, 0.4) is 0 Å². The number of nitrogens with two attached hydrogens (primary N) is 1. The number of alkyl halides is 2. The van der Waals surface area contributed by atoms with Crippen molar-refractivity contribution < 1.29 is 23.0 Å². The molecule has 2 bridgehead atoms. The number of hydrogen-bond acceptors (Lipinski definition) is 10. The molecule has 3 N–H and O–H groups in total. The first-order valence-electron chi connectivity index (χ1n) is 12.8. The summed E-state index contributed by atoms with van der Waals surface area (Å²) in [5.41, 5.74) is 5.64. The smallest absolute Gasteiger partial charge is 0.319 e. The Balaban J connectivity index is 1.16. The van der Waals surface area contributed by atoms with E-state index in [4.69, 9.17) is 20.5 Å². The van der Waals surface area contributed by atoms with Crippen molar-refractivity contribution in [3.05, 3.63) is 24.3 Å². The van der Waals surface area contributed by atoms with E-state index >= 15 is 8.78 Å². The number of hydrogen-bond donors (Lipinski definition) is 2. The highest BCUT2D eigenvalue weighted by Crippen LogP contribution is 2.57. The maximum absolute atomic E-state index is 15.2. The van der Waals surface area contributed by atoms with Gasteiger partial charge in [0.2, 0.25) is 0 Å². The van der Waals surface area contributed by atoms with Gasteiger partial charge in [-0.1, -0.05) is 0 Å². The summed E-state index contributed by atoms with van der Waals surface area (Å²) in [6.45, 7) is -0.346. The van der Waals surface area contributed by atoms with Gasteiger partial charge in [0.25, 0.3) is 11.8 Å². The van der Waals surface area contributed by atoms with Crippen molar-refractivity contribution in [1.29, 1.82) is 5.26 Å². The van der Waals surface area contributed by atoms with Crippen LogP contribution in [0.15, 0.2) is 18.6 Å². The lowest BCUT2D eigenvalue weighted by molar-refractivity contribution is -0.0785. The molecule has 38 heavy (non-hydrogen) atoms. The van der Waals surface area contributed by atoms with Crippen molar-refractivity contribution in [1.82, 2.24) is 25.3 Å². The van der Waals surface area contributed by atoms with E-state index in [-0.39, 0.29) is 78.6 Å². The number of anilines is 2. The van der Waals surface area contributed by atoms with E-state index in [1.165, 1.54) is 23.5 Å². The van der Waals surface area contributed by atoms with Crippen LogP contribution in [0.4, 0.5) is 20.4 Å². The average molecular weight is 527 g/mol. The van der Waals surface area contributed by atoms with E-state index in [0.717, 1.165) is 25.7 Å². The fourth-order valence-corrected chi connectivity index (χ4v) is 5.48. The molecule has 1 amide bonds. The monoisotopic (exact) mass is 526 g/mol. The third-order valence-corrected chi connectivity index (χ3v) is 8.07. The van der Waals surface area contributed by atoms with E-state index in [1.807, 2.05) is 0 Å². The summed E-state index contributed by atoms with van der Waals surface area (Å²) in [6.07, 6.45) is 6.33. The van der Waals surface area contributed by atoms with Gasteiger partial charge in [-0.05, 0) is 38.0 Å². The molecule has 7 rings (SSSR count). The van der Waals surface area contributed by atoms with Crippen molar-refractivity contribution in [2.24, 2.45) is 23.7 Å². The van der Waals surface area contributed by atoms with Gasteiger partial charge in [0.15, 0.2) is 11.6 Å². The van der Waals surface area contributed by atoms with E-state index < -0.39 is 18.4 Å². The minimum absolute atomic E-state index is 0.0536. The average Bonchev–Trinajstić information content (AvgIpc) is 3.62. The van der Waals surface area contributed by atoms with Gasteiger partial charge in [-0.15, -0.1) is 0 Å². The van der Waals surface area contributed by atoms with Crippen molar-refractivity contribution in [3.63, 3.8) is 0 Å². The number of carbonyl (C=O) groups excluding carboxylic acids is 1. The van der Waals surface area contributed by atoms with Crippen LogP contribution in [0.1, 0.15) is 42.6 Å². The van der Waals surface area contributed by atoms with Gasteiger partial charge in [0, 0.05) is 24.1 Å². The van der Waals surface area contributed by atoms with Gasteiger partial charge < -0.3 is 25.4 Å². The maximum atomic E-state index is 15.2. The highest BCUT2D eigenvalue weighted by Gasteiger charge is 2.57. The molecule has 200 valence electrons. The van der Waals surface area contributed by atoms with Crippen LogP contribution < -0.4 is 25.4 Å². The molecule has 11 nitrogen and oxygen atoms in total. The number of rotatable bonds is 9. The number of nitrogen functional groups attached to an aromatic ring is 1. The van der Waals surface area contributed by atoms with Crippen molar-refractivity contribution in [2.75, 3.05) is 36.9 Å². The Morgan fingerprint density at radius 2 is 2.08 bits per heavy atom. The van der Waals surface area contributed by atoms with E-state index in [0.29, 0.717) is 5.92 Å². The molecule has 2 aromatic rings. The van der Waals surface area contributed by atoms with Gasteiger partial charge in [-0.25, -0.2) is 18.7 Å². The largest absolute Gasteiger partial charge is 0.488 e. The lowest BCUT2D eigenvalue weighted by Crippen LogP contribution is -2.68. The molecule has 1 unspecified atom stereocenters.